The molecule has 0 heterocycles. The van der Waals surface area contributed by atoms with E-state index in [1.54, 1.807) is 14.2 Å². The molecule has 0 bridgehead atoms. The van der Waals surface area contributed by atoms with Gasteiger partial charge in [0.25, 0.3) is 0 Å². The Morgan fingerprint density at radius 1 is 1.04 bits per heavy atom. The van der Waals surface area contributed by atoms with Crippen LogP contribution in [0.3, 0.4) is 0 Å². The number of rotatable bonds is 10. The number of hydrogen-bond donors (Lipinski definition) is 1. The summed E-state index contributed by atoms with van der Waals surface area (Å²) in [4.78, 5) is 6.33. The molecule has 0 atom stereocenters. The van der Waals surface area contributed by atoms with E-state index in [2.05, 4.69) is 10.3 Å². The van der Waals surface area contributed by atoms with E-state index in [0.29, 0.717) is 26.4 Å². The number of hydrogen-bond acceptors (Lipinski definition) is 4. The summed E-state index contributed by atoms with van der Waals surface area (Å²) < 4.78 is 16.8. The van der Waals surface area contributed by atoms with E-state index < -0.39 is 0 Å². The van der Waals surface area contributed by atoms with Crippen LogP contribution in [-0.2, 0) is 11.3 Å². The molecule has 0 aliphatic carbocycles. The maximum atomic E-state index is 5.74. The topological polar surface area (TPSA) is 55.3 Å². The smallest absolute Gasteiger partial charge is 0.193 e. The van der Waals surface area contributed by atoms with Crippen LogP contribution >= 0.6 is 24.0 Å². The third-order valence-electron chi connectivity index (χ3n) is 3.99. The van der Waals surface area contributed by atoms with Crippen molar-refractivity contribution in [3.05, 3.63) is 60.2 Å². The summed E-state index contributed by atoms with van der Waals surface area (Å²) in [6, 6.07) is 17.7. The van der Waals surface area contributed by atoms with Gasteiger partial charge in [-0.25, -0.2) is 0 Å². The van der Waals surface area contributed by atoms with Gasteiger partial charge in [-0.2, -0.15) is 0 Å². The van der Waals surface area contributed by atoms with Gasteiger partial charge in [0.05, 0.1) is 26.9 Å². The molecule has 2 rings (SSSR count). The Hall–Kier alpha value is -2.00. The van der Waals surface area contributed by atoms with Crippen molar-refractivity contribution in [1.29, 1.82) is 0 Å². The van der Waals surface area contributed by atoms with Crippen molar-refractivity contribution in [2.45, 2.75) is 6.61 Å². The molecule has 7 heteroatoms. The summed E-state index contributed by atoms with van der Waals surface area (Å²) in [5.74, 6) is 2.53. The fourth-order valence-electron chi connectivity index (χ4n) is 2.55. The minimum Gasteiger partial charge on any atom is -0.496 e. The highest BCUT2D eigenvalue weighted by Gasteiger charge is 2.06. The van der Waals surface area contributed by atoms with Crippen molar-refractivity contribution in [2.24, 2.45) is 4.99 Å². The fourth-order valence-corrected chi connectivity index (χ4v) is 2.55. The van der Waals surface area contributed by atoms with Crippen molar-refractivity contribution in [1.82, 2.24) is 10.2 Å². The minimum absolute atomic E-state index is 0. The van der Waals surface area contributed by atoms with Gasteiger partial charge in [0.2, 0.25) is 0 Å². The van der Waals surface area contributed by atoms with Gasteiger partial charge in [-0.3, -0.25) is 4.99 Å². The lowest BCUT2D eigenvalue weighted by Crippen LogP contribution is -2.42. The van der Waals surface area contributed by atoms with Crippen LogP contribution in [0.5, 0.6) is 11.5 Å². The zero-order valence-electron chi connectivity index (χ0n) is 16.8. The number of ether oxygens (including phenoxy) is 3. The number of aliphatic imine (C=N–C) groups is 1. The van der Waals surface area contributed by atoms with Crippen LogP contribution in [0, 0.1) is 0 Å². The van der Waals surface area contributed by atoms with Crippen molar-refractivity contribution < 1.29 is 14.2 Å². The second-order valence-electron chi connectivity index (χ2n) is 5.92. The van der Waals surface area contributed by atoms with Gasteiger partial charge in [-0.05, 0) is 18.2 Å². The summed E-state index contributed by atoms with van der Waals surface area (Å²) in [6.45, 7) is 3.09. The SMILES string of the molecule is CN=C(NCCOCc1ccccc1OC)N(C)CCOc1ccccc1.I. The number of nitrogens with zero attached hydrogens (tertiary/aromatic N) is 2. The Kier molecular flexibility index (Phi) is 12.1. The zero-order valence-corrected chi connectivity index (χ0v) is 19.1. The number of para-hydroxylation sites is 2. The van der Waals surface area contributed by atoms with Crippen molar-refractivity contribution in [3.63, 3.8) is 0 Å². The number of methoxy groups -OCH3 is 1. The molecule has 2 aromatic rings. The van der Waals surface area contributed by atoms with Gasteiger partial charge in [-0.15, -0.1) is 24.0 Å². The second-order valence-corrected chi connectivity index (χ2v) is 5.92. The highest BCUT2D eigenvalue weighted by Crippen LogP contribution is 2.17. The summed E-state index contributed by atoms with van der Waals surface area (Å²) in [5.41, 5.74) is 1.04. The van der Waals surface area contributed by atoms with Crippen LogP contribution in [0.4, 0.5) is 0 Å². The molecule has 1 N–H and O–H groups in total. The van der Waals surface area contributed by atoms with Crippen molar-refractivity contribution in [3.8, 4) is 11.5 Å². The van der Waals surface area contributed by atoms with E-state index in [9.17, 15) is 0 Å². The summed E-state index contributed by atoms with van der Waals surface area (Å²) in [7, 11) is 5.42. The maximum Gasteiger partial charge on any atom is 0.193 e. The molecule has 2 aromatic carbocycles. The minimum atomic E-state index is 0. The average molecular weight is 499 g/mol. The highest BCUT2D eigenvalue weighted by molar-refractivity contribution is 14.0. The Morgan fingerprint density at radius 3 is 2.46 bits per heavy atom. The Morgan fingerprint density at radius 2 is 1.75 bits per heavy atom. The molecular weight excluding hydrogens is 469 g/mol. The quantitative estimate of drug-likeness (QED) is 0.235. The molecule has 0 aromatic heterocycles. The molecule has 0 spiro atoms. The molecule has 0 aliphatic rings. The molecule has 0 aliphatic heterocycles. The van der Waals surface area contributed by atoms with Gasteiger partial charge in [-0.1, -0.05) is 36.4 Å². The molecule has 0 saturated carbocycles. The molecule has 6 nitrogen and oxygen atoms in total. The Balaban J connectivity index is 0.00000392. The molecule has 0 unspecified atom stereocenters. The van der Waals surface area contributed by atoms with Gasteiger partial charge < -0.3 is 24.4 Å². The Labute approximate surface area is 184 Å². The average Bonchev–Trinajstić information content (AvgIpc) is 2.71. The lowest BCUT2D eigenvalue weighted by Gasteiger charge is -2.22. The largest absolute Gasteiger partial charge is 0.496 e. The van der Waals surface area contributed by atoms with Crippen LogP contribution in [0.2, 0.25) is 0 Å². The third-order valence-corrected chi connectivity index (χ3v) is 3.99. The third kappa shape index (κ3) is 8.35. The highest BCUT2D eigenvalue weighted by atomic mass is 127. The van der Waals surface area contributed by atoms with E-state index in [0.717, 1.165) is 29.6 Å². The summed E-state index contributed by atoms with van der Waals surface area (Å²) in [5, 5.41) is 3.30. The Bertz CT molecular complexity index is 698. The van der Waals surface area contributed by atoms with Crippen LogP contribution in [-0.4, -0.2) is 58.4 Å². The van der Waals surface area contributed by atoms with Crippen molar-refractivity contribution in [2.75, 3.05) is 47.5 Å². The molecule has 154 valence electrons. The van der Waals surface area contributed by atoms with Gasteiger partial charge in [0.15, 0.2) is 5.96 Å². The monoisotopic (exact) mass is 499 g/mol. The van der Waals surface area contributed by atoms with Crippen LogP contribution in [0.15, 0.2) is 59.6 Å². The zero-order chi connectivity index (χ0) is 19.3. The number of halogens is 1. The van der Waals surface area contributed by atoms with E-state index in [4.69, 9.17) is 14.2 Å². The first kappa shape index (κ1) is 24.0. The van der Waals surface area contributed by atoms with E-state index in [1.165, 1.54) is 0 Å². The van der Waals surface area contributed by atoms with E-state index >= 15 is 0 Å². The molecule has 28 heavy (non-hydrogen) atoms. The van der Waals surface area contributed by atoms with Gasteiger partial charge in [0.1, 0.15) is 18.1 Å². The lowest BCUT2D eigenvalue weighted by atomic mass is 10.2. The van der Waals surface area contributed by atoms with Crippen LogP contribution in [0.25, 0.3) is 0 Å². The molecule has 0 fully saturated rings. The summed E-state index contributed by atoms with van der Waals surface area (Å²) in [6.07, 6.45) is 0. The van der Waals surface area contributed by atoms with Gasteiger partial charge >= 0.3 is 0 Å². The predicted octanol–water partition coefficient (Wildman–Crippen LogP) is 3.42. The fraction of sp³-hybridized carbons (Fsp3) is 0.381. The molecule has 0 radical (unpaired) electrons. The molecule has 0 saturated heterocycles. The molecule has 0 amide bonds. The second kappa shape index (κ2) is 14.1. The van der Waals surface area contributed by atoms with E-state index in [-0.39, 0.29) is 24.0 Å². The van der Waals surface area contributed by atoms with Crippen molar-refractivity contribution >= 4 is 29.9 Å². The number of likely N-dealkylation sites (N-methyl/N-ethyl adjacent to an activating group) is 1. The summed E-state index contributed by atoms with van der Waals surface area (Å²) >= 11 is 0. The predicted molar refractivity (Wildman–Crippen MR) is 124 cm³/mol. The first-order valence-electron chi connectivity index (χ1n) is 9.04. The number of nitrogens with one attached hydrogen (secondary N) is 1. The van der Waals surface area contributed by atoms with E-state index in [1.807, 2.05) is 66.5 Å². The lowest BCUT2D eigenvalue weighted by molar-refractivity contribution is 0.123. The van der Waals surface area contributed by atoms with Gasteiger partial charge in [0, 0.05) is 26.2 Å². The van der Waals surface area contributed by atoms with Crippen LogP contribution < -0.4 is 14.8 Å². The maximum absolute atomic E-state index is 5.74. The van der Waals surface area contributed by atoms with Crippen LogP contribution in [0.1, 0.15) is 5.56 Å². The first-order chi connectivity index (χ1) is 13.2. The standard InChI is InChI=1S/C21H29N3O3.HI/c1-22-21(24(2)14-16-27-19-10-5-4-6-11-19)23-13-15-26-17-18-9-7-8-12-20(18)25-3;/h4-12H,13-17H2,1-3H3,(H,22,23);1H. The normalized spacial score (nSPS) is 10.8. The first-order valence-corrected chi connectivity index (χ1v) is 9.04. The number of benzene rings is 2. The number of guanidine groups is 1. The molecular formula is C21H30IN3O3.